The smallest absolute Gasteiger partial charge is 0.194 e. The molecule has 0 aromatic rings. The van der Waals surface area contributed by atoms with Gasteiger partial charge in [0.05, 0.1) is 6.10 Å². The molecule has 4 rings (SSSR count). The molecule has 4 aliphatic rings. The lowest BCUT2D eigenvalue weighted by molar-refractivity contribution is 0.0823. The van der Waals surface area contributed by atoms with E-state index in [-0.39, 0.29) is 30.1 Å². The third kappa shape index (κ3) is 6.20. The second-order valence-electron chi connectivity index (χ2n) is 9.43. The number of piperidine rings is 1. The number of rotatable bonds is 6. The van der Waals surface area contributed by atoms with Crippen molar-refractivity contribution in [2.24, 2.45) is 16.8 Å². The number of nitrogens with one attached hydrogen (secondary N) is 1. The average Bonchev–Trinajstić information content (AvgIpc) is 3.35. The molecule has 2 N–H and O–H groups in total. The monoisotopic (exact) mass is 519 g/mol. The van der Waals surface area contributed by atoms with Crippen LogP contribution in [0.4, 0.5) is 0 Å². The maximum atomic E-state index is 9.63. The second kappa shape index (κ2) is 11.5. The van der Waals surface area contributed by atoms with Gasteiger partial charge in [-0.3, -0.25) is 9.89 Å². The van der Waals surface area contributed by atoms with Crippen LogP contribution in [0.3, 0.4) is 0 Å². The Morgan fingerprint density at radius 2 is 1.76 bits per heavy atom. The average molecular weight is 520 g/mol. The van der Waals surface area contributed by atoms with Crippen molar-refractivity contribution in [1.82, 2.24) is 20.0 Å². The summed E-state index contributed by atoms with van der Waals surface area (Å²) in [7, 11) is 0. The van der Waals surface area contributed by atoms with E-state index in [2.05, 4.69) is 26.9 Å². The number of halogens is 1. The van der Waals surface area contributed by atoms with Gasteiger partial charge in [-0.2, -0.15) is 0 Å². The molecule has 0 spiro atoms. The fourth-order valence-electron chi connectivity index (χ4n) is 5.97. The topological polar surface area (TPSA) is 54.3 Å². The molecule has 2 saturated heterocycles. The minimum absolute atomic E-state index is 0. The van der Waals surface area contributed by atoms with E-state index in [0.717, 1.165) is 88.9 Å². The number of fused-ring (bicyclic) bond motifs is 2. The molecule has 2 aliphatic carbocycles. The van der Waals surface area contributed by atoms with Gasteiger partial charge in [-0.05, 0) is 63.8 Å². The van der Waals surface area contributed by atoms with Crippen LogP contribution in [0, 0.1) is 11.8 Å². The molecule has 3 unspecified atom stereocenters. The van der Waals surface area contributed by atoms with Crippen molar-refractivity contribution in [3.63, 3.8) is 0 Å². The molecule has 2 aliphatic heterocycles. The fourth-order valence-corrected chi connectivity index (χ4v) is 5.97. The van der Waals surface area contributed by atoms with Crippen LogP contribution in [0.15, 0.2) is 4.99 Å². The maximum Gasteiger partial charge on any atom is 0.194 e. The first-order valence-corrected chi connectivity index (χ1v) is 11.9. The molecule has 3 atom stereocenters. The van der Waals surface area contributed by atoms with Gasteiger partial charge in [-0.1, -0.05) is 6.42 Å². The standard InChI is InChI=1S/C22H41N5O.HI/c1-2-23-22(24-8-3-9-25-10-6-20(28)7-11-25)27-14-12-26(13-15-27)21-17-18-4-5-19(21)16-18;/h18-21,28H,2-17H2,1H3,(H,23,24);1H. The summed E-state index contributed by atoms with van der Waals surface area (Å²) >= 11 is 0. The molecule has 7 heteroatoms. The Hall–Kier alpha value is -0.120. The molecule has 2 bridgehead atoms. The Balaban J connectivity index is 0.00000240. The van der Waals surface area contributed by atoms with Crippen LogP contribution in [0.1, 0.15) is 51.9 Å². The molecule has 4 fully saturated rings. The molecule has 6 nitrogen and oxygen atoms in total. The molecule has 168 valence electrons. The number of aliphatic hydroxyl groups excluding tert-OH is 1. The van der Waals surface area contributed by atoms with E-state index in [1.807, 2.05) is 0 Å². The normalized spacial score (nSPS) is 31.9. The largest absolute Gasteiger partial charge is 0.393 e. The molecule has 0 amide bonds. The number of aliphatic imine (C=N–C) groups is 1. The molecular formula is C22H42IN5O. The van der Waals surface area contributed by atoms with E-state index in [4.69, 9.17) is 4.99 Å². The van der Waals surface area contributed by atoms with Gasteiger partial charge < -0.3 is 20.2 Å². The van der Waals surface area contributed by atoms with Crippen molar-refractivity contribution in [1.29, 1.82) is 0 Å². The zero-order chi connectivity index (χ0) is 19.3. The molecule has 0 radical (unpaired) electrons. The van der Waals surface area contributed by atoms with Gasteiger partial charge in [-0.25, -0.2) is 0 Å². The Bertz CT molecular complexity index is 517. The maximum absolute atomic E-state index is 9.63. The summed E-state index contributed by atoms with van der Waals surface area (Å²) in [5.41, 5.74) is 0. The summed E-state index contributed by atoms with van der Waals surface area (Å²) in [6.45, 7) is 11.8. The van der Waals surface area contributed by atoms with Gasteiger partial charge in [0.15, 0.2) is 5.96 Å². The number of guanidine groups is 1. The summed E-state index contributed by atoms with van der Waals surface area (Å²) in [6, 6.07) is 0.878. The van der Waals surface area contributed by atoms with Crippen molar-refractivity contribution in [3.8, 4) is 0 Å². The summed E-state index contributed by atoms with van der Waals surface area (Å²) in [5.74, 6) is 3.15. The Labute approximate surface area is 194 Å². The molecule has 2 saturated carbocycles. The molecule has 29 heavy (non-hydrogen) atoms. The summed E-state index contributed by atoms with van der Waals surface area (Å²) in [6.07, 6.45) is 8.84. The quantitative estimate of drug-likeness (QED) is 0.244. The number of hydrogen-bond donors (Lipinski definition) is 2. The third-order valence-corrected chi connectivity index (χ3v) is 7.57. The highest BCUT2D eigenvalue weighted by atomic mass is 127. The number of aliphatic hydroxyl groups is 1. The highest BCUT2D eigenvalue weighted by Gasteiger charge is 2.42. The zero-order valence-electron chi connectivity index (χ0n) is 18.3. The van der Waals surface area contributed by atoms with E-state index in [1.165, 1.54) is 38.8 Å². The predicted molar refractivity (Wildman–Crippen MR) is 130 cm³/mol. The SMILES string of the molecule is CCNC(=NCCCN1CCC(O)CC1)N1CCN(C2CC3CCC2C3)CC1.I. The number of hydrogen-bond acceptors (Lipinski definition) is 4. The number of piperazine rings is 1. The van der Waals surface area contributed by atoms with E-state index >= 15 is 0 Å². The summed E-state index contributed by atoms with van der Waals surface area (Å²) in [5, 5.41) is 13.1. The Morgan fingerprint density at radius 1 is 1.00 bits per heavy atom. The molecule has 0 aromatic heterocycles. The molecular weight excluding hydrogens is 477 g/mol. The predicted octanol–water partition coefficient (Wildman–Crippen LogP) is 2.22. The first-order valence-electron chi connectivity index (χ1n) is 11.9. The van der Waals surface area contributed by atoms with Crippen LogP contribution in [-0.4, -0.2) is 96.8 Å². The molecule has 0 aromatic carbocycles. The van der Waals surface area contributed by atoms with E-state index in [9.17, 15) is 5.11 Å². The van der Waals surface area contributed by atoms with Crippen LogP contribution in [-0.2, 0) is 0 Å². The van der Waals surface area contributed by atoms with Gasteiger partial charge >= 0.3 is 0 Å². The fraction of sp³-hybridized carbons (Fsp3) is 0.955. The van der Waals surface area contributed by atoms with E-state index in [0.29, 0.717) is 0 Å². The van der Waals surface area contributed by atoms with Crippen LogP contribution in [0.5, 0.6) is 0 Å². The van der Waals surface area contributed by atoms with Crippen molar-refractivity contribution in [3.05, 3.63) is 0 Å². The minimum atomic E-state index is -0.0762. The van der Waals surface area contributed by atoms with Gasteiger partial charge in [0.2, 0.25) is 0 Å². The van der Waals surface area contributed by atoms with Gasteiger partial charge in [0, 0.05) is 58.4 Å². The Morgan fingerprint density at radius 3 is 2.38 bits per heavy atom. The first kappa shape index (κ1) is 23.5. The first-order chi connectivity index (χ1) is 13.7. The third-order valence-electron chi connectivity index (χ3n) is 7.57. The highest BCUT2D eigenvalue weighted by Crippen LogP contribution is 2.46. The summed E-state index contributed by atoms with van der Waals surface area (Å²) in [4.78, 5) is 12.7. The lowest BCUT2D eigenvalue weighted by Crippen LogP contribution is -2.55. The lowest BCUT2D eigenvalue weighted by atomic mass is 9.93. The number of likely N-dealkylation sites (tertiary alicyclic amines) is 1. The van der Waals surface area contributed by atoms with Crippen molar-refractivity contribution < 1.29 is 5.11 Å². The van der Waals surface area contributed by atoms with Crippen LogP contribution >= 0.6 is 24.0 Å². The van der Waals surface area contributed by atoms with Gasteiger partial charge in [-0.15, -0.1) is 24.0 Å². The van der Waals surface area contributed by atoms with Crippen LogP contribution in [0.25, 0.3) is 0 Å². The highest BCUT2D eigenvalue weighted by molar-refractivity contribution is 14.0. The lowest BCUT2D eigenvalue weighted by Gasteiger charge is -2.42. The van der Waals surface area contributed by atoms with Crippen molar-refractivity contribution in [2.75, 3.05) is 58.9 Å². The Kier molecular flexibility index (Phi) is 9.32. The molecule has 2 heterocycles. The van der Waals surface area contributed by atoms with Crippen molar-refractivity contribution >= 4 is 29.9 Å². The minimum Gasteiger partial charge on any atom is -0.393 e. The van der Waals surface area contributed by atoms with E-state index in [1.54, 1.807) is 0 Å². The second-order valence-corrected chi connectivity index (χ2v) is 9.43. The van der Waals surface area contributed by atoms with Crippen molar-refractivity contribution in [2.45, 2.75) is 64.0 Å². The number of nitrogens with zero attached hydrogens (tertiary/aromatic N) is 4. The van der Waals surface area contributed by atoms with E-state index < -0.39 is 0 Å². The zero-order valence-corrected chi connectivity index (χ0v) is 20.6. The van der Waals surface area contributed by atoms with Gasteiger partial charge in [0.25, 0.3) is 0 Å². The summed E-state index contributed by atoms with van der Waals surface area (Å²) < 4.78 is 0. The van der Waals surface area contributed by atoms with Crippen LogP contribution < -0.4 is 5.32 Å². The van der Waals surface area contributed by atoms with Crippen LogP contribution in [0.2, 0.25) is 0 Å². The van der Waals surface area contributed by atoms with Gasteiger partial charge in [0.1, 0.15) is 0 Å².